The van der Waals surface area contributed by atoms with Gasteiger partial charge in [0.2, 0.25) is 0 Å². The van der Waals surface area contributed by atoms with E-state index in [0.717, 1.165) is 10.9 Å². The van der Waals surface area contributed by atoms with Gasteiger partial charge in [-0.15, -0.1) is 0 Å². The molecule has 0 radical (unpaired) electrons. The normalized spacial score (nSPS) is 10.0. The molecular formula is C20H15N3O5. The molecule has 0 aliphatic heterocycles. The Morgan fingerprint density at radius 3 is 2.82 bits per heavy atom. The molecule has 2 aromatic heterocycles. The molecular weight excluding hydrogens is 362 g/mol. The number of carboxylic acids is 1. The molecule has 3 rings (SSSR count). The molecule has 0 aliphatic rings. The molecule has 1 aromatic carbocycles. The lowest BCUT2D eigenvalue weighted by Gasteiger charge is -2.05. The van der Waals surface area contributed by atoms with Crippen molar-refractivity contribution in [3.05, 3.63) is 60.0 Å². The van der Waals surface area contributed by atoms with Gasteiger partial charge in [0.1, 0.15) is 24.7 Å². The Hall–Kier alpha value is -4.12. The zero-order chi connectivity index (χ0) is 19.9. The predicted octanol–water partition coefficient (Wildman–Crippen LogP) is 1.58. The second-order valence-electron chi connectivity index (χ2n) is 5.58. The fourth-order valence-electron chi connectivity index (χ4n) is 2.39. The average Bonchev–Trinajstić information content (AvgIpc) is 2.69. The maximum absolute atomic E-state index is 11.7. The summed E-state index contributed by atoms with van der Waals surface area (Å²) in [6.07, 6.45) is 3.02. The van der Waals surface area contributed by atoms with Gasteiger partial charge >= 0.3 is 5.97 Å². The van der Waals surface area contributed by atoms with Crippen molar-refractivity contribution in [1.82, 2.24) is 15.3 Å². The van der Waals surface area contributed by atoms with Crippen molar-refractivity contribution in [2.45, 2.75) is 0 Å². The summed E-state index contributed by atoms with van der Waals surface area (Å²) in [6, 6.07) is 10.6. The number of pyridine rings is 2. The van der Waals surface area contributed by atoms with E-state index in [1.807, 2.05) is 30.3 Å². The number of nitrogens with zero attached hydrogens (tertiary/aromatic N) is 2. The molecule has 8 nitrogen and oxygen atoms in total. The molecule has 0 atom stereocenters. The molecule has 0 fully saturated rings. The summed E-state index contributed by atoms with van der Waals surface area (Å²) < 4.78 is 5.67. The number of aromatic hydroxyl groups is 1. The van der Waals surface area contributed by atoms with Crippen molar-refractivity contribution < 1.29 is 24.5 Å². The number of carbonyl (C=O) groups is 2. The predicted molar refractivity (Wildman–Crippen MR) is 100.0 cm³/mol. The van der Waals surface area contributed by atoms with Crippen LogP contribution in [0.5, 0.6) is 11.5 Å². The van der Waals surface area contributed by atoms with Crippen LogP contribution in [0.3, 0.4) is 0 Å². The Balaban J connectivity index is 1.65. The molecule has 0 saturated heterocycles. The number of fused-ring (bicyclic) bond motifs is 1. The number of amides is 1. The van der Waals surface area contributed by atoms with Crippen LogP contribution in [0.25, 0.3) is 10.9 Å². The van der Waals surface area contributed by atoms with E-state index in [-0.39, 0.29) is 12.3 Å². The highest BCUT2D eigenvalue weighted by molar-refractivity contribution is 5.96. The van der Waals surface area contributed by atoms with Gasteiger partial charge in [-0.1, -0.05) is 17.9 Å². The molecule has 28 heavy (non-hydrogen) atoms. The first-order valence-corrected chi connectivity index (χ1v) is 8.19. The van der Waals surface area contributed by atoms with E-state index in [1.165, 1.54) is 12.3 Å². The van der Waals surface area contributed by atoms with Crippen LogP contribution in [0.1, 0.15) is 16.1 Å². The number of aliphatic carboxylic acids is 1. The Labute approximate surface area is 159 Å². The summed E-state index contributed by atoms with van der Waals surface area (Å²) >= 11 is 0. The van der Waals surface area contributed by atoms with Crippen molar-refractivity contribution in [3.63, 3.8) is 0 Å². The number of carboxylic acid groups (broad SMARTS) is 1. The highest BCUT2D eigenvalue weighted by Crippen LogP contribution is 2.23. The quantitative estimate of drug-likeness (QED) is 0.577. The molecule has 8 heteroatoms. The minimum Gasteiger partial charge on any atom is -0.505 e. The highest BCUT2D eigenvalue weighted by Gasteiger charge is 2.13. The number of nitrogens with one attached hydrogen (secondary N) is 1. The monoisotopic (exact) mass is 377 g/mol. The number of hydrogen-bond acceptors (Lipinski definition) is 6. The lowest BCUT2D eigenvalue weighted by atomic mass is 10.2. The van der Waals surface area contributed by atoms with Crippen LogP contribution >= 0.6 is 0 Å². The summed E-state index contributed by atoms with van der Waals surface area (Å²) in [4.78, 5) is 30.3. The molecule has 0 aliphatic carbocycles. The van der Waals surface area contributed by atoms with Gasteiger partial charge in [0, 0.05) is 23.3 Å². The summed E-state index contributed by atoms with van der Waals surface area (Å²) in [5.74, 6) is 3.87. The lowest BCUT2D eigenvalue weighted by molar-refractivity contribution is -0.135. The molecule has 3 aromatic rings. The number of aromatic nitrogens is 2. The van der Waals surface area contributed by atoms with Crippen molar-refractivity contribution in [1.29, 1.82) is 0 Å². The van der Waals surface area contributed by atoms with Gasteiger partial charge in [0.15, 0.2) is 5.69 Å². The Bertz CT molecular complexity index is 1100. The summed E-state index contributed by atoms with van der Waals surface area (Å²) in [5.41, 5.74) is 0.931. The smallest absolute Gasteiger partial charge is 0.322 e. The zero-order valence-electron chi connectivity index (χ0n) is 14.5. The molecule has 0 unspecified atom stereocenters. The second kappa shape index (κ2) is 8.51. The van der Waals surface area contributed by atoms with Crippen molar-refractivity contribution in [2.24, 2.45) is 0 Å². The van der Waals surface area contributed by atoms with Crippen LogP contribution in [-0.2, 0) is 4.79 Å². The molecule has 140 valence electrons. The van der Waals surface area contributed by atoms with Crippen molar-refractivity contribution in [2.75, 3.05) is 13.2 Å². The summed E-state index contributed by atoms with van der Waals surface area (Å²) in [5, 5.41) is 21.5. The lowest BCUT2D eigenvalue weighted by Crippen LogP contribution is -2.29. The van der Waals surface area contributed by atoms with Gasteiger partial charge in [-0.3, -0.25) is 14.6 Å². The van der Waals surface area contributed by atoms with Crippen LogP contribution in [0.4, 0.5) is 0 Å². The van der Waals surface area contributed by atoms with E-state index < -0.39 is 24.2 Å². The minimum absolute atomic E-state index is 0.107. The van der Waals surface area contributed by atoms with Gasteiger partial charge in [0.25, 0.3) is 5.91 Å². The third kappa shape index (κ3) is 4.53. The Morgan fingerprint density at radius 1 is 1.18 bits per heavy atom. The Kier molecular flexibility index (Phi) is 5.67. The molecule has 0 saturated carbocycles. The SMILES string of the molecule is O=C(O)CNC(=O)c1ncc(C#CCOc2cccc3ncccc23)cc1O. The molecule has 3 N–H and O–H groups in total. The van der Waals surface area contributed by atoms with Gasteiger partial charge in [-0.2, -0.15) is 0 Å². The standard InChI is InChI=1S/C20H15N3O5/c24-16-10-13(11-22-19(16)20(27)23-12-18(25)26)4-3-9-28-17-7-1-6-15-14(17)5-2-8-21-15/h1-2,5-8,10-11,24H,9,12H2,(H,23,27)(H,25,26). The second-order valence-corrected chi connectivity index (χ2v) is 5.58. The van der Waals surface area contributed by atoms with Crippen LogP contribution in [0.2, 0.25) is 0 Å². The van der Waals surface area contributed by atoms with Gasteiger partial charge in [-0.05, 0) is 30.3 Å². The topological polar surface area (TPSA) is 122 Å². The van der Waals surface area contributed by atoms with Crippen molar-refractivity contribution >= 4 is 22.8 Å². The first-order valence-electron chi connectivity index (χ1n) is 8.19. The van der Waals surface area contributed by atoms with Gasteiger partial charge in [-0.25, -0.2) is 4.98 Å². The van der Waals surface area contributed by atoms with E-state index in [9.17, 15) is 14.7 Å². The van der Waals surface area contributed by atoms with E-state index in [0.29, 0.717) is 11.3 Å². The molecule has 0 bridgehead atoms. The summed E-state index contributed by atoms with van der Waals surface area (Å²) in [6.45, 7) is -0.460. The fourth-order valence-corrected chi connectivity index (χ4v) is 2.39. The van der Waals surface area contributed by atoms with E-state index >= 15 is 0 Å². The fraction of sp³-hybridized carbons (Fsp3) is 0.100. The number of carbonyl (C=O) groups excluding carboxylic acids is 1. The first kappa shape index (κ1) is 18.7. The van der Waals surface area contributed by atoms with Crippen LogP contribution in [0.15, 0.2) is 48.8 Å². The number of ether oxygens (including phenoxy) is 1. The summed E-state index contributed by atoms with van der Waals surface area (Å²) in [7, 11) is 0. The Morgan fingerprint density at radius 2 is 2.04 bits per heavy atom. The highest BCUT2D eigenvalue weighted by atomic mass is 16.5. The average molecular weight is 377 g/mol. The largest absolute Gasteiger partial charge is 0.505 e. The maximum Gasteiger partial charge on any atom is 0.322 e. The third-order valence-electron chi connectivity index (χ3n) is 3.62. The molecule has 0 spiro atoms. The van der Waals surface area contributed by atoms with E-state index in [1.54, 1.807) is 6.20 Å². The third-order valence-corrected chi connectivity index (χ3v) is 3.62. The molecule has 1 amide bonds. The van der Waals surface area contributed by atoms with Gasteiger partial charge < -0.3 is 20.3 Å². The van der Waals surface area contributed by atoms with Gasteiger partial charge in [0.05, 0.1) is 5.52 Å². The van der Waals surface area contributed by atoms with E-state index in [2.05, 4.69) is 27.1 Å². The van der Waals surface area contributed by atoms with E-state index in [4.69, 9.17) is 9.84 Å². The first-order chi connectivity index (χ1) is 13.5. The van der Waals surface area contributed by atoms with Crippen LogP contribution in [-0.4, -0.2) is 45.2 Å². The number of hydrogen-bond donors (Lipinski definition) is 3. The number of rotatable bonds is 5. The van der Waals surface area contributed by atoms with Crippen LogP contribution in [0, 0.1) is 11.8 Å². The minimum atomic E-state index is -1.20. The maximum atomic E-state index is 11.7. The zero-order valence-corrected chi connectivity index (χ0v) is 14.5. The van der Waals surface area contributed by atoms with Crippen LogP contribution < -0.4 is 10.1 Å². The molecule has 2 heterocycles. The number of benzene rings is 1. The van der Waals surface area contributed by atoms with Crippen molar-refractivity contribution in [3.8, 4) is 23.3 Å².